The maximum Gasteiger partial charge on any atom is 0.253 e. The van der Waals surface area contributed by atoms with Gasteiger partial charge >= 0.3 is 0 Å². The number of carbonyl (C=O) groups is 1. The van der Waals surface area contributed by atoms with Crippen LogP contribution in [0.5, 0.6) is 0 Å². The Morgan fingerprint density at radius 2 is 2.18 bits per heavy atom. The second kappa shape index (κ2) is 5.40. The van der Waals surface area contributed by atoms with Gasteiger partial charge in [-0.2, -0.15) is 11.8 Å². The number of hydrogen-bond acceptors (Lipinski definition) is 3. The summed E-state index contributed by atoms with van der Waals surface area (Å²) in [7, 11) is 0. The van der Waals surface area contributed by atoms with Crippen molar-refractivity contribution in [3.63, 3.8) is 0 Å². The van der Waals surface area contributed by atoms with Crippen LogP contribution in [0.25, 0.3) is 0 Å². The lowest BCUT2D eigenvalue weighted by Crippen LogP contribution is -2.36. The van der Waals surface area contributed by atoms with Crippen molar-refractivity contribution in [2.24, 2.45) is 0 Å². The quantitative estimate of drug-likeness (QED) is 0.813. The van der Waals surface area contributed by atoms with Gasteiger partial charge in [-0.1, -0.05) is 0 Å². The predicted molar refractivity (Wildman–Crippen MR) is 70.7 cm³/mol. The molecule has 0 saturated carbocycles. The average molecular weight is 256 g/mol. The van der Waals surface area contributed by atoms with Crippen molar-refractivity contribution < 1.29 is 9.18 Å². The van der Waals surface area contributed by atoms with Crippen molar-refractivity contribution in [3.05, 3.63) is 29.6 Å². The molecule has 94 valence electrons. The van der Waals surface area contributed by atoms with E-state index in [2.05, 4.69) is 5.32 Å². The van der Waals surface area contributed by atoms with E-state index < -0.39 is 5.82 Å². The van der Waals surface area contributed by atoms with E-state index in [1.54, 1.807) is 11.8 Å². The van der Waals surface area contributed by atoms with Crippen LogP contribution in [0.4, 0.5) is 10.1 Å². The molecule has 0 aliphatic carbocycles. The van der Waals surface area contributed by atoms with Gasteiger partial charge in [0, 0.05) is 17.0 Å². The number of nitrogens with two attached hydrogens (primary N) is 1. The van der Waals surface area contributed by atoms with Gasteiger partial charge in [-0.05, 0) is 38.3 Å². The fourth-order valence-corrected chi connectivity index (χ4v) is 1.40. The minimum atomic E-state index is -0.464. The molecule has 1 aromatic rings. The van der Waals surface area contributed by atoms with E-state index in [0.29, 0.717) is 6.54 Å². The lowest BCUT2D eigenvalue weighted by molar-refractivity contribution is 0.0951. The highest BCUT2D eigenvalue weighted by Gasteiger charge is 2.18. The van der Waals surface area contributed by atoms with Gasteiger partial charge in [0.1, 0.15) is 5.82 Å². The maximum atomic E-state index is 13.0. The van der Waals surface area contributed by atoms with E-state index in [0.717, 1.165) is 6.07 Å². The van der Waals surface area contributed by atoms with E-state index in [-0.39, 0.29) is 21.9 Å². The summed E-state index contributed by atoms with van der Waals surface area (Å²) in [4.78, 5) is 11.8. The Hall–Kier alpha value is -1.23. The number of benzene rings is 1. The van der Waals surface area contributed by atoms with Crippen LogP contribution in [0.3, 0.4) is 0 Å². The molecule has 0 saturated heterocycles. The van der Waals surface area contributed by atoms with Gasteiger partial charge in [-0.15, -0.1) is 0 Å². The molecular weight excluding hydrogens is 239 g/mol. The molecule has 3 N–H and O–H groups in total. The normalized spacial score (nSPS) is 11.3. The summed E-state index contributed by atoms with van der Waals surface area (Å²) in [5.74, 6) is -0.808. The van der Waals surface area contributed by atoms with Gasteiger partial charge in [-0.3, -0.25) is 4.79 Å². The molecule has 0 spiro atoms. The lowest BCUT2D eigenvalue weighted by atomic mass is 10.1. The third-order valence-corrected chi connectivity index (χ3v) is 3.74. The van der Waals surface area contributed by atoms with Gasteiger partial charge in [0.15, 0.2) is 0 Å². The molecule has 17 heavy (non-hydrogen) atoms. The standard InChI is InChI=1S/C12H17FN2OS/c1-12(2,17-3)7-15-11(16)9-6-8(13)4-5-10(9)14/h4-6H,7,14H2,1-3H3,(H,15,16). The van der Waals surface area contributed by atoms with E-state index >= 15 is 0 Å². The molecule has 0 bridgehead atoms. The van der Waals surface area contributed by atoms with Crippen LogP contribution in [-0.4, -0.2) is 23.5 Å². The van der Waals surface area contributed by atoms with Gasteiger partial charge < -0.3 is 11.1 Å². The van der Waals surface area contributed by atoms with Crippen LogP contribution in [0.15, 0.2) is 18.2 Å². The fourth-order valence-electron chi connectivity index (χ4n) is 1.19. The average Bonchev–Trinajstić information content (AvgIpc) is 2.29. The predicted octanol–water partition coefficient (Wildman–Crippen LogP) is 2.28. The number of thioether (sulfide) groups is 1. The zero-order chi connectivity index (χ0) is 13.1. The molecule has 1 amide bonds. The summed E-state index contributed by atoms with van der Waals surface area (Å²) in [5, 5.41) is 2.75. The number of anilines is 1. The van der Waals surface area contributed by atoms with Crippen LogP contribution in [0, 0.1) is 5.82 Å². The molecule has 1 rings (SSSR count). The first-order valence-corrected chi connectivity index (χ1v) is 6.46. The Balaban J connectivity index is 2.74. The van der Waals surface area contributed by atoms with Crippen LogP contribution < -0.4 is 11.1 Å². The van der Waals surface area contributed by atoms with Crippen molar-refractivity contribution in [2.45, 2.75) is 18.6 Å². The highest BCUT2D eigenvalue weighted by molar-refractivity contribution is 7.99. The van der Waals surface area contributed by atoms with Crippen molar-refractivity contribution in [1.29, 1.82) is 0 Å². The Bertz CT molecular complexity index is 421. The number of nitrogens with one attached hydrogen (secondary N) is 1. The molecule has 1 aromatic carbocycles. The maximum absolute atomic E-state index is 13.0. The van der Waals surface area contributed by atoms with Crippen molar-refractivity contribution >= 4 is 23.4 Å². The van der Waals surface area contributed by atoms with Crippen LogP contribution >= 0.6 is 11.8 Å². The molecule has 0 fully saturated rings. The highest BCUT2D eigenvalue weighted by Crippen LogP contribution is 2.20. The first-order chi connectivity index (χ1) is 7.85. The summed E-state index contributed by atoms with van der Waals surface area (Å²) >= 11 is 1.65. The number of carbonyl (C=O) groups excluding carboxylic acids is 1. The van der Waals surface area contributed by atoms with Crippen LogP contribution in [-0.2, 0) is 0 Å². The molecule has 0 aromatic heterocycles. The number of halogens is 1. The third-order valence-electron chi connectivity index (χ3n) is 2.49. The summed E-state index contributed by atoms with van der Waals surface area (Å²) in [6, 6.07) is 3.78. The SMILES string of the molecule is CSC(C)(C)CNC(=O)c1cc(F)ccc1N. The summed E-state index contributed by atoms with van der Waals surface area (Å²) in [5.41, 5.74) is 6.10. The Morgan fingerprint density at radius 3 is 2.76 bits per heavy atom. The number of amides is 1. The first kappa shape index (κ1) is 13.8. The summed E-state index contributed by atoms with van der Waals surface area (Å²) in [6.07, 6.45) is 1.97. The lowest BCUT2D eigenvalue weighted by Gasteiger charge is -2.22. The summed E-state index contributed by atoms with van der Waals surface area (Å²) in [6.45, 7) is 4.54. The van der Waals surface area contributed by atoms with Crippen LogP contribution in [0.2, 0.25) is 0 Å². The Labute approximate surface area is 105 Å². The Morgan fingerprint density at radius 1 is 1.53 bits per heavy atom. The molecule has 0 radical (unpaired) electrons. The molecule has 3 nitrogen and oxygen atoms in total. The van der Waals surface area contributed by atoms with Crippen LogP contribution in [0.1, 0.15) is 24.2 Å². The van der Waals surface area contributed by atoms with Gasteiger partial charge in [-0.25, -0.2) is 4.39 Å². The minimum Gasteiger partial charge on any atom is -0.398 e. The van der Waals surface area contributed by atoms with E-state index in [1.165, 1.54) is 12.1 Å². The van der Waals surface area contributed by atoms with E-state index in [1.807, 2.05) is 20.1 Å². The smallest absolute Gasteiger partial charge is 0.253 e. The summed E-state index contributed by atoms with van der Waals surface area (Å²) < 4.78 is 13.0. The van der Waals surface area contributed by atoms with E-state index in [9.17, 15) is 9.18 Å². The molecular formula is C12H17FN2OS. The fraction of sp³-hybridized carbons (Fsp3) is 0.417. The van der Waals surface area contributed by atoms with Crippen molar-refractivity contribution in [1.82, 2.24) is 5.32 Å². The zero-order valence-corrected chi connectivity index (χ0v) is 11.0. The second-order valence-electron chi connectivity index (χ2n) is 4.38. The zero-order valence-electron chi connectivity index (χ0n) is 10.2. The second-order valence-corrected chi connectivity index (χ2v) is 5.89. The molecule has 0 heterocycles. The monoisotopic (exact) mass is 256 g/mol. The number of nitrogen functional groups attached to an aromatic ring is 1. The minimum absolute atomic E-state index is 0.0578. The molecule has 0 aliphatic rings. The third kappa shape index (κ3) is 3.93. The number of hydrogen-bond donors (Lipinski definition) is 2. The van der Waals surface area contributed by atoms with Gasteiger partial charge in [0.25, 0.3) is 5.91 Å². The topological polar surface area (TPSA) is 55.1 Å². The van der Waals surface area contributed by atoms with Crippen molar-refractivity contribution in [2.75, 3.05) is 18.5 Å². The Kier molecular flexibility index (Phi) is 4.40. The van der Waals surface area contributed by atoms with Crippen molar-refractivity contribution in [3.8, 4) is 0 Å². The molecule has 5 heteroatoms. The van der Waals surface area contributed by atoms with E-state index in [4.69, 9.17) is 5.73 Å². The largest absolute Gasteiger partial charge is 0.398 e. The van der Waals surface area contributed by atoms with Gasteiger partial charge in [0.05, 0.1) is 5.56 Å². The van der Waals surface area contributed by atoms with Gasteiger partial charge in [0.2, 0.25) is 0 Å². The highest BCUT2D eigenvalue weighted by atomic mass is 32.2. The molecule has 0 aliphatic heterocycles. The number of rotatable bonds is 4. The molecule has 0 atom stereocenters. The first-order valence-electron chi connectivity index (χ1n) is 5.24. The molecule has 0 unspecified atom stereocenters.